The number of nitrogens with one attached hydrogen (secondary N) is 1. The van der Waals surface area contributed by atoms with Crippen molar-refractivity contribution in [2.75, 3.05) is 18.4 Å². The molecule has 1 saturated heterocycles. The van der Waals surface area contributed by atoms with E-state index in [1.165, 1.54) is 6.92 Å². The van der Waals surface area contributed by atoms with Crippen molar-refractivity contribution >= 4 is 17.5 Å². The van der Waals surface area contributed by atoms with Crippen LogP contribution in [0.15, 0.2) is 42.6 Å². The van der Waals surface area contributed by atoms with E-state index in [0.717, 1.165) is 24.0 Å². The Hall–Kier alpha value is -2.89. The Labute approximate surface area is 159 Å². The first-order valence-corrected chi connectivity index (χ1v) is 9.24. The van der Waals surface area contributed by atoms with Crippen molar-refractivity contribution in [3.63, 3.8) is 0 Å². The summed E-state index contributed by atoms with van der Waals surface area (Å²) in [6.45, 7) is 4.88. The number of rotatable bonds is 5. The highest BCUT2D eigenvalue weighted by atomic mass is 16.5. The zero-order valence-electron chi connectivity index (χ0n) is 15.8. The Morgan fingerprint density at radius 2 is 1.93 bits per heavy atom. The van der Waals surface area contributed by atoms with Gasteiger partial charge in [-0.15, -0.1) is 0 Å². The van der Waals surface area contributed by atoms with Gasteiger partial charge in [0.15, 0.2) is 0 Å². The van der Waals surface area contributed by atoms with E-state index in [1.807, 2.05) is 36.1 Å². The molecule has 0 bridgehead atoms. The predicted octanol–water partition coefficient (Wildman–Crippen LogP) is 2.96. The van der Waals surface area contributed by atoms with Gasteiger partial charge in [0.1, 0.15) is 6.10 Å². The number of hydrogen-bond acceptors (Lipinski definition) is 4. The lowest BCUT2D eigenvalue weighted by Gasteiger charge is -2.32. The van der Waals surface area contributed by atoms with Crippen LogP contribution in [0.3, 0.4) is 0 Å². The minimum atomic E-state index is -0.131. The van der Waals surface area contributed by atoms with E-state index in [4.69, 9.17) is 4.74 Å². The Morgan fingerprint density at radius 3 is 2.56 bits per heavy atom. The maximum atomic E-state index is 12.5. The molecule has 0 saturated carbocycles. The van der Waals surface area contributed by atoms with Gasteiger partial charge in [0.05, 0.1) is 18.3 Å². The van der Waals surface area contributed by atoms with Crippen LogP contribution in [0.5, 0.6) is 5.88 Å². The lowest BCUT2D eigenvalue weighted by Crippen LogP contribution is -2.42. The molecule has 2 heterocycles. The van der Waals surface area contributed by atoms with Crippen LogP contribution in [-0.2, 0) is 16.0 Å². The summed E-state index contributed by atoms with van der Waals surface area (Å²) in [5.41, 5.74) is 2.88. The Balaban J connectivity index is 1.48. The summed E-state index contributed by atoms with van der Waals surface area (Å²) < 4.78 is 5.92. The smallest absolute Gasteiger partial charge is 0.227 e. The summed E-state index contributed by atoms with van der Waals surface area (Å²) in [7, 11) is 0. The number of carbonyl (C=O) groups is 2. The molecule has 1 fully saturated rings. The number of aromatic nitrogens is 1. The number of amides is 2. The molecule has 0 spiro atoms. The third kappa shape index (κ3) is 5.29. The van der Waals surface area contributed by atoms with E-state index >= 15 is 0 Å². The van der Waals surface area contributed by atoms with Gasteiger partial charge in [-0.1, -0.05) is 24.3 Å². The molecule has 1 aromatic heterocycles. The number of likely N-dealkylation sites (tertiary alicyclic amines) is 1. The topological polar surface area (TPSA) is 71.5 Å². The van der Waals surface area contributed by atoms with Gasteiger partial charge >= 0.3 is 0 Å². The van der Waals surface area contributed by atoms with E-state index in [-0.39, 0.29) is 17.9 Å². The monoisotopic (exact) mass is 367 g/mol. The van der Waals surface area contributed by atoms with Crippen molar-refractivity contribution in [2.24, 2.45) is 0 Å². The fourth-order valence-corrected chi connectivity index (χ4v) is 3.20. The average Bonchev–Trinajstić information content (AvgIpc) is 2.65. The van der Waals surface area contributed by atoms with E-state index in [1.54, 1.807) is 18.3 Å². The van der Waals surface area contributed by atoms with Crippen molar-refractivity contribution in [2.45, 2.75) is 39.2 Å². The minimum absolute atomic E-state index is 0.0478. The number of piperidine rings is 1. The van der Waals surface area contributed by atoms with Crippen molar-refractivity contribution < 1.29 is 14.3 Å². The first-order valence-electron chi connectivity index (χ1n) is 9.24. The number of pyridine rings is 1. The maximum absolute atomic E-state index is 12.5. The SMILES string of the molecule is CC(=O)Nc1ccc(OC2CCN(C(=O)Cc3ccccc3C)CC2)nc1. The van der Waals surface area contributed by atoms with E-state index in [9.17, 15) is 9.59 Å². The van der Waals surface area contributed by atoms with E-state index < -0.39 is 0 Å². The number of ether oxygens (including phenoxy) is 1. The highest BCUT2D eigenvalue weighted by Gasteiger charge is 2.24. The summed E-state index contributed by atoms with van der Waals surface area (Å²) in [6.07, 6.45) is 3.65. The lowest BCUT2D eigenvalue weighted by atomic mass is 10.0. The van der Waals surface area contributed by atoms with Gasteiger partial charge in [-0.05, 0) is 24.1 Å². The molecule has 0 aliphatic carbocycles. The second-order valence-electron chi connectivity index (χ2n) is 6.87. The lowest BCUT2D eigenvalue weighted by molar-refractivity contribution is -0.132. The highest BCUT2D eigenvalue weighted by Crippen LogP contribution is 2.20. The second kappa shape index (κ2) is 8.66. The zero-order chi connectivity index (χ0) is 19.2. The molecule has 1 aromatic carbocycles. The summed E-state index contributed by atoms with van der Waals surface area (Å²) in [4.78, 5) is 29.7. The molecule has 6 heteroatoms. The second-order valence-corrected chi connectivity index (χ2v) is 6.87. The molecule has 27 heavy (non-hydrogen) atoms. The van der Waals surface area contributed by atoms with Gasteiger partial charge in [-0.2, -0.15) is 0 Å². The number of benzene rings is 1. The van der Waals surface area contributed by atoms with Crippen LogP contribution < -0.4 is 10.1 Å². The minimum Gasteiger partial charge on any atom is -0.474 e. The van der Waals surface area contributed by atoms with Gasteiger partial charge in [0.25, 0.3) is 0 Å². The first kappa shape index (κ1) is 18.9. The van der Waals surface area contributed by atoms with Crippen LogP contribution in [0, 0.1) is 6.92 Å². The number of nitrogens with zero attached hydrogens (tertiary/aromatic N) is 2. The normalized spacial score (nSPS) is 14.7. The molecule has 1 N–H and O–H groups in total. The fourth-order valence-electron chi connectivity index (χ4n) is 3.20. The summed E-state index contributed by atoms with van der Waals surface area (Å²) >= 11 is 0. The Kier molecular flexibility index (Phi) is 6.06. The van der Waals surface area contributed by atoms with E-state index in [0.29, 0.717) is 31.1 Å². The van der Waals surface area contributed by atoms with Crippen LogP contribution in [0.25, 0.3) is 0 Å². The summed E-state index contributed by atoms with van der Waals surface area (Å²) in [5, 5.41) is 2.68. The average molecular weight is 367 g/mol. The Morgan fingerprint density at radius 1 is 1.19 bits per heavy atom. The van der Waals surface area contributed by atoms with E-state index in [2.05, 4.69) is 10.3 Å². The molecule has 142 valence electrons. The van der Waals surface area contributed by atoms with Gasteiger partial charge in [-0.25, -0.2) is 4.98 Å². The predicted molar refractivity (Wildman–Crippen MR) is 104 cm³/mol. The van der Waals surface area contributed by atoms with Crippen molar-refractivity contribution in [3.8, 4) is 5.88 Å². The molecule has 6 nitrogen and oxygen atoms in total. The zero-order valence-corrected chi connectivity index (χ0v) is 15.8. The molecule has 0 radical (unpaired) electrons. The molecular formula is C21H25N3O3. The largest absolute Gasteiger partial charge is 0.474 e. The number of anilines is 1. The fraction of sp³-hybridized carbons (Fsp3) is 0.381. The quantitative estimate of drug-likeness (QED) is 0.882. The third-order valence-electron chi connectivity index (χ3n) is 4.74. The first-order chi connectivity index (χ1) is 13.0. The van der Waals surface area contributed by atoms with Crippen molar-refractivity contribution in [1.29, 1.82) is 0 Å². The number of hydrogen-bond donors (Lipinski definition) is 1. The van der Waals surface area contributed by atoms with Crippen LogP contribution in [0.2, 0.25) is 0 Å². The van der Waals surface area contributed by atoms with Gasteiger partial charge in [0, 0.05) is 38.9 Å². The number of aryl methyl sites for hydroxylation is 1. The molecule has 3 rings (SSSR count). The highest BCUT2D eigenvalue weighted by molar-refractivity contribution is 5.88. The van der Waals surface area contributed by atoms with Gasteiger partial charge in [-0.3, -0.25) is 9.59 Å². The molecular weight excluding hydrogens is 342 g/mol. The standard InChI is InChI=1S/C21H25N3O3/c1-15-5-3-4-6-17(15)13-21(26)24-11-9-19(10-12-24)27-20-8-7-18(14-22-20)23-16(2)25/h3-8,14,19H,9-13H2,1-2H3,(H,23,25). The molecule has 1 aliphatic rings. The van der Waals surface area contributed by atoms with Crippen molar-refractivity contribution in [3.05, 3.63) is 53.7 Å². The summed E-state index contributed by atoms with van der Waals surface area (Å²) in [5.74, 6) is 0.572. The Bertz CT molecular complexity index is 797. The molecule has 0 unspecified atom stereocenters. The third-order valence-corrected chi connectivity index (χ3v) is 4.74. The van der Waals surface area contributed by atoms with Crippen LogP contribution in [0.1, 0.15) is 30.9 Å². The van der Waals surface area contributed by atoms with Gasteiger partial charge in [0.2, 0.25) is 17.7 Å². The van der Waals surface area contributed by atoms with Crippen molar-refractivity contribution in [1.82, 2.24) is 9.88 Å². The number of carbonyl (C=O) groups excluding carboxylic acids is 2. The molecule has 0 atom stereocenters. The van der Waals surface area contributed by atoms with Crippen LogP contribution in [-0.4, -0.2) is 40.9 Å². The summed E-state index contributed by atoms with van der Waals surface area (Å²) in [6, 6.07) is 11.5. The van der Waals surface area contributed by atoms with Crippen LogP contribution in [0.4, 0.5) is 5.69 Å². The molecule has 1 aliphatic heterocycles. The van der Waals surface area contributed by atoms with Gasteiger partial charge < -0.3 is 15.0 Å². The molecule has 2 aromatic rings. The maximum Gasteiger partial charge on any atom is 0.227 e. The molecule has 2 amide bonds. The van der Waals surface area contributed by atoms with Crippen LogP contribution >= 0.6 is 0 Å².